The normalized spacial score (nSPS) is 12.2. The molecule has 1 atom stereocenters. The van der Waals surface area contributed by atoms with Gasteiger partial charge in [-0.25, -0.2) is 0 Å². The summed E-state index contributed by atoms with van der Waals surface area (Å²) in [5, 5.41) is 8.85. The molecule has 0 radical (unpaired) electrons. The number of hydrogen-bond acceptors (Lipinski definition) is 3. The Morgan fingerprint density at radius 1 is 1.12 bits per heavy atom. The minimum absolute atomic E-state index is 0.150. The van der Waals surface area contributed by atoms with Gasteiger partial charge in [-0.05, 0) is 30.7 Å². The zero-order valence-electron chi connectivity index (χ0n) is 9.98. The van der Waals surface area contributed by atoms with Crippen LogP contribution in [0.2, 0.25) is 0 Å². The largest absolute Gasteiger partial charge is 0.494 e. The van der Waals surface area contributed by atoms with Crippen molar-refractivity contribution in [2.45, 2.75) is 20.3 Å². The molecule has 0 saturated carbocycles. The molecule has 1 unspecified atom stereocenters. The summed E-state index contributed by atoms with van der Waals surface area (Å²) in [4.78, 5) is 0. The van der Waals surface area contributed by atoms with Gasteiger partial charge < -0.3 is 14.6 Å². The van der Waals surface area contributed by atoms with Gasteiger partial charge in [0, 0.05) is 12.5 Å². The number of rotatable bonds is 7. The van der Waals surface area contributed by atoms with Crippen LogP contribution in [0.4, 0.5) is 0 Å². The number of aliphatic hydroxyl groups excluding tert-OH is 1. The molecular weight excluding hydrogens is 204 g/mol. The predicted molar refractivity (Wildman–Crippen MR) is 64.0 cm³/mol. The van der Waals surface area contributed by atoms with Crippen molar-refractivity contribution in [3.05, 3.63) is 24.3 Å². The van der Waals surface area contributed by atoms with Crippen LogP contribution in [0.5, 0.6) is 11.5 Å². The molecule has 1 aromatic carbocycles. The molecule has 3 nitrogen and oxygen atoms in total. The van der Waals surface area contributed by atoms with E-state index in [1.165, 1.54) is 0 Å². The fourth-order valence-corrected chi connectivity index (χ4v) is 1.14. The zero-order valence-corrected chi connectivity index (χ0v) is 9.98. The lowest BCUT2D eigenvalue weighted by molar-refractivity contribution is 0.174. The van der Waals surface area contributed by atoms with Crippen LogP contribution in [0, 0.1) is 5.92 Å². The monoisotopic (exact) mass is 224 g/mol. The summed E-state index contributed by atoms with van der Waals surface area (Å²) < 4.78 is 11.0. The maximum absolute atomic E-state index is 8.85. The summed E-state index contributed by atoms with van der Waals surface area (Å²) in [5.74, 6) is 1.84. The minimum atomic E-state index is 0.150. The summed E-state index contributed by atoms with van der Waals surface area (Å²) in [6, 6.07) is 7.56. The van der Waals surface area contributed by atoms with E-state index in [2.05, 4.69) is 6.92 Å². The maximum atomic E-state index is 8.85. The lowest BCUT2D eigenvalue weighted by atomic mass is 10.2. The quantitative estimate of drug-likeness (QED) is 0.773. The molecule has 16 heavy (non-hydrogen) atoms. The first-order valence-corrected chi connectivity index (χ1v) is 5.72. The van der Waals surface area contributed by atoms with E-state index in [0.29, 0.717) is 6.61 Å². The molecule has 1 N–H and O–H groups in total. The lowest BCUT2D eigenvalue weighted by Gasteiger charge is -2.11. The highest BCUT2D eigenvalue weighted by atomic mass is 16.5. The molecule has 90 valence electrons. The molecule has 1 rings (SSSR count). The number of ether oxygens (including phenoxy) is 2. The molecular formula is C13H20O3. The van der Waals surface area contributed by atoms with Crippen molar-refractivity contribution in [3.8, 4) is 11.5 Å². The summed E-state index contributed by atoms with van der Waals surface area (Å²) in [6.07, 6.45) is 1.01. The van der Waals surface area contributed by atoms with E-state index < -0.39 is 0 Å². The summed E-state index contributed by atoms with van der Waals surface area (Å²) in [5.41, 5.74) is 0. The predicted octanol–water partition coefficient (Wildman–Crippen LogP) is 2.48. The van der Waals surface area contributed by atoms with Gasteiger partial charge in [-0.15, -0.1) is 0 Å². The van der Waals surface area contributed by atoms with Crippen LogP contribution in [-0.4, -0.2) is 24.9 Å². The molecule has 0 aliphatic carbocycles. The third kappa shape index (κ3) is 4.53. The van der Waals surface area contributed by atoms with E-state index in [4.69, 9.17) is 14.6 Å². The summed E-state index contributed by atoms with van der Waals surface area (Å²) in [7, 11) is 0. The highest BCUT2D eigenvalue weighted by Gasteiger charge is 2.01. The molecule has 0 aliphatic heterocycles. The van der Waals surface area contributed by atoms with Gasteiger partial charge in [0.15, 0.2) is 0 Å². The Hall–Kier alpha value is -1.22. The Balaban J connectivity index is 2.38. The van der Waals surface area contributed by atoms with Gasteiger partial charge >= 0.3 is 0 Å². The van der Waals surface area contributed by atoms with Crippen LogP contribution in [0.25, 0.3) is 0 Å². The van der Waals surface area contributed by atoms with Crippen molar-refractivity contribution in [1.29, 1.82) is 0 Å². The van der Waals surface area contributed by atoms with E-state index in [-0.39, 0.29) is 12.5 Å². The minimum Gasteiger partial charge on any atom is -0.494 e. The van der Waals surface area contributed by atoms with Gasteiger partial charge in [-0.2, -0.15) is 0 Å². The summed E-state index contributed by atoms with van der Waals surface area (Å²) in [6.45, 7) is 5.44. The first-order chi connectivity index (χ1) is 7.76. The van der Waals surface area contributed by atoms with Crippen LogP contribution < -0.4 is 9.47 Å². The van der Waals surface area contributed by atoms with Crippen molar-refractivity contribution in [2.24, 2.45) is 5.92 Å². The fraction of sp³-hybridized carbons (Fsp3) is 0.538. The standard InChI is InChI=1S/C13H20O3/c1-3-8-15-12-4-6-13(7-5-12)16-10-11(2)9-14/h4-7,11,14H,3,8-10H2,1-2H3. The van der Waals surface area contributed by atoms with Crippen molar-refractivity contribution in [1.82, 2.24) is 0 Å². The molecule has 0 aromatic heterocycles. The van der Waals surface area contributed by atoms with Crippen molar-refractivity contribution in [2.75, 3.05) is 19.8 Å². The first-order valence-electron chi connectivity index (χ1n) is 5.72. The molecule has 0 heterocycles. The van der Waals surface area contributed by atoms with Gasteiger partial charge in [0.1, 0.15) is 11.5 Å². The first kappa shape index (κ1) is 12.8. The number of aliphatic hydroxyl groups is 1. The van der Waals surface area contributed by atoms with E-state index in [1.54, 1.807) is 0 Å². The average molecular weight is 224 g/mol. The summed E-state index contributed by atoms with van der Waals surface area (Å²) >= 11 is 0. The highest BCUT2D eigenvalue weighted by Crippen LogP contribution is 2.18. The third-order valence-corrected chi connectivity index (χ3v) is 2.14. The third-order valence-electron chi connectivity index (χ3n) is 2.14. The highest BCUT2D eigenvalue weighted by molar-refractivity contribution is 5.31. The van der Waals surface area contributed by atoms with Crippen molar-refractivity contribution < 1.29 is 14.6 Å². The van der Waals surface area contributed by atoms with Gasteiger partial charge in [-0.3, -0.25) is 0 Å². The van der Waals surface area contributed by atoms with E-state index >= 15 is 0 Å². The molecule has 0 fully saturated rings. The Morgan fingerprint density at radius 3 is 2.19 bits per heavy atom. The molecule has 0 spiro atoms. The Labute approximate surface area is 97.0 Å². The number of benzene rings is 1. The topological polar surface area (TPSA) is 38.7 Å². The molecule has 0 amide bonds. The number of hydrogen-bond donors (Lipinski definition) is 1. The maximum Gasteiger partial charge on any atom is 0.119 e. The van der Waals surface area contributed by atoms with E-state index in [9.17, 15) is 0 Å². The van der Waals surface area contributed by atoms with E-state index in [1.807, 2.05) is 31.2 Å². The second-order valence-electron chi connectivity index (χ2n) is 3.92. The van der Waals surface area contributed by atoms with Crippen LogP contribution in [0.1, 0.15) is 20.3 Å². The van der Waals surface area contributed by atoms with Crippen LogP contribution in [0.15, 0.2) is 24.3 Å². The van der Waals surface area contributed by atoms with Gasteiger partial charge in [0.05, 0.1) is 13.2 Å². The lowest BCUT2D eigenvalue weighted by Crippen LogP contribution is -2.11. The van der Waals surface area contributed by atoms with Gasteiger partial charge in [-0.1, -0.05) is 13.8 Å². The van der Waals surface area contributed by atoms with Crippen molar-refractivity contribution in [3.63, 3.8) is 0 Å². The Bertz CT molecular complexity index is 282. The second kappa shape index (κ2) is 7.12. The van der Waals surface area contributed by atoms with Crippen LogP contribution in [0.3, 0.4) is 0 Å². The van der Waals surface area contributed by atoms with Gasteiger partial charge in [0.25, 0.3) is 0 Å². The Morgan fingerprint density at radius 2 is 1.69 bits per heavy atom. The SMILES string of the molecule is CCCOc1ccc(OCC(C)CO)cc1. The second-order valence-corrected chi connectivity index (χ2v) is 3.92. The van der Waals surface area contributed by atoms with Crippen LogP contribution in [-0.2, 0) is 0 Å². The van der Waals surface area contributed by atoms with Crippen LogP contribution >= 0.6 is 0 Å². The molecule has 1 aromatic rings. The molecule has 0 aliphatic rings. The average Bonchev–Trinajstić information content (AvgIpc) is 2.34. The smallest absolute Gasteiger partial charge is 0.119 e. The fourth-order valence-electron chi connectivity index (χ4n) is 1.14. The molecule has 0 bridgehead atoms. The molecule has 0 saturated heterocycles. The zero-order chi connectivity index (χ0) is 11.8. The van der Waals surface area contributed by atoms with Crippen molar-refractivity contribution >= 4 is 0 Å². The Kier molecular flexibility index (Phi) is 5.72. The van der Waals surface area contributed by atoms with Gasteiger partial charge in [0.2, 0.25) is 0 Å². The molecule has 3 heteroatoms. The van der Waals surface area contributed by atoms with E-state index in [0.717, 1.165) is 24.5 Å².